The molecular formula is C16H17F2N3O3S. The standard InChI is InChI=1S/C16H17F2N3O3S/c1-25(23,24)21(16-13(17)3-2-4-14(16)18)10-7-15(22)20-11-12-5-8-19-9-6-12/h2-6,8-9H,7,10-11H2,1H3,(H,20,22). The van der Waals surface area contributed by atoms with Crippen LogP contribution in [0, 0.1) is 11.6 Å². The second-order valence-electron chi connectivity index (χ2n) is 5.29. The zero-order valence-corrected chi connectivity index (χ0v) is 14.3. The molecule has 0 unspecified atom stereocenters. The molecule has 1 N–H and O–H groups in total. The number of benzene rings is 1. The van der Waals surface area contributed by atoms with E-state index >= 15 is 0 Å². The highest BCUT2D eigenvalue weighted by molar-refractivity contribution is 7.92. The molecule has 1 amide bonds. The summed E-state index contributed by atoms with van der Waals surface area (Å²) in [6.07, 6.45) is 3.74. The van der Waals surface area contributed by atoms with Crippen LogP contribution >= 0.6 is 0 Å². The highest BCUT2D eigenvalue weighted by Gasteiger charge is 2.24. The molecule has 0 radical (unpaired) electrons. The van der Waals surface area contributed by atoms with Crippen molar-refractivity contribution in [2.75, 3.05) is 17.1 Å². The van der Waals surface area contributed by atoms with Crippen molar-refractivity contribution in [2.45, 2.75) is 13.0 Å². The van der Waals surface area contributed by atoms with Gasteiger partial charge in [-0.25, -0.2) is 17.2 Å². The van der Waals surface area contributed by atoms with Crippen LogP contribution in [0.4, 0.5) is 14.5 Å². The first-order valence-electron chi connectivity index (χ1n) is 7.36. The molecule has 9 heteroatoms. The molecule has 0 saturated heterocycles. The topological polar surface area (TPSA) is 79.4 Å². The van der Waals surface area contributed by atoms with Gasteiger partial charge in [0.05, 0.1) is 6.26 Å². The van der Waals surface area contributed by atoms with Gasteiger partial charge in [0.25, 0.3) is 0 Å². The van der Waals surface area contributed by atoms with Crippen LogP contribution in [0.25, 0.3) is 0 Å². The molecule has 134 valence electrons. The third-order valence-corrected chi connectivity index (χ3v) is 4.53. The number of anilines is 1. The fourth-order valence-electron chi connectivity index (χ4n) is 2.16. The number of pyridine rings is 1. The SMILES string of the molecule is CS(=O)(=O)N(CCC(=O)NCc1ccncc1)c1c(F)cccc1F. The second kappa shape index (κ2) is 8.02. The molecule has 1 aromatic carbocycles. The lowest BCUT2D eigenvalue weighted by Gasteiger charge is -2.23. The minimum atomic E-state index is -3.96. The van der Waals surface area contributed by atoms with Gasteiger partial charge in [0.15, 0.2) is 11.6 Å². The summed E-state index contributed by atoms with van der Waals surface area (Å²) in [6, 6.07) is 6.49. The maximum atomic E-state index is 13.9. The number of para-hydroxylation sites is 1. The third-order valence-electron chi connectivity index (χ3n) is 3.37. The Kier molecular flexibility index (Phi) is 6.02. The van der Waals surface area contributed by atoms with Crippen molar-refractivity contribution >= 4 is 21.6 Å². The van der Waals surface area contributed by atoms with Crippen LogP contribution in [0.2, 0.25) is 0 Å². The van der Waals surface area contributed by atoms with Crippen LogP contribution < -0.4 is 9.62 Å². The number of sulfonamides is 1. The molecule has 0 fully saturated rings. The van der Waals surface area contributed by atoms with Gasteiger partial charge in [-0.2, -0.15) is 0 Å². The van der Waals surface area contributed by atoms with E-state index in [9.17, 15) is 22.0 Å². The molecule has 1 aromatic heterocycles. The smallest absolute Gasteiger partial charge is 0.232 e. The van der Waals surface area contributed by atoms with Gasteiger partial charge >= 0.3 is 0 Å². The highest BCUT2D eigenvalue weighted by atomic mass is 32.2. The number of carbonyl (C=O) groups excluding carboxylic acids is 1. The summed E-state index contributed by atoms with van der Waals surface area (Å²) in [7, 11) is -3.96. The van der Waals surface area contributed by atoms with Crippen molar-refractivity contribution in [3.63, 3.8) is 0 Å². The zero-order valence-electron chi connectivity index (χ0n) is 13.4. The number of halogens is 2. The summed E-state index contributed by atoms with van der Waals surface area (Å²) in [4.78, 5) is 15.8. The lowest BCUT2D eigenvalue weighted by atomic mass is 10.2. The largest absolute Gasteiger partial charge is 0.352 e. The number of nitrogens with zero attached hydrogens (tertiary/aromatic N) is 2. The fourth-order valence-corrected chi connectivity index (χ4v) is 3.09. The van der Waals surface area contributed by atoms with Gasteiger partial charge in [-0.1, -0.05) is 6.07 Å². The summed E-state index contributed by atoms with van der Waals surface area (Å²) in [5.74, 6) is -2.47. The van der Waals surface area contributed by atoms with E-state index in [-0.39, 0.29) is 19.5 Å². The Morgan fingerprint density at radius 2 is 1.76 bits per heavy atom. The number of hydrogen-bond acceptors (Lipinski definition) is 4. The first-order valence-corrected chi connectivity index (χ1v) is 9.21. The molecule has 25 heavy (non-hydrogen) atoms. The first-order chi connectivity index (χ1) is 11.8. The summed E-state index contributed by atoms with van der Waals surface area (Å²) < 4.78 is 52.1. The normalized spacial score (nSPS) is 11.2. The van der Waals surface area contributed by atoms with Gasteiger partial charge in [-0.15, -0.1) is 0 Å². The summed E-state index contributed by atoms with van der Waals surface area (Å²) >= 11 is 0. The number of amides is 1. The van der Waals surface area contributed by atoms with E-state index in [1.54, 1.807) is 24.5 Å². The summed E-state index contributed by atoms with van der Waals surface area (Å²) in [5.41, 5.74) is 0.135. The van der Waals surface area contributed by atoms with E-state index < -0.39 is 33.3 Å². The van der Waals surface area contributed by atoms with E-state index in [2.05, 4.69) is 10.3 Å². The van der Waals surface area contributed by atoms with Gasteiger partial charge in [0.1, 0.15) is 5.69 Å². The fraction of sp³-hybridized carbons (Fsp3) is 0.250. The van der Waals surface area contributed by atoms with Crippen molar-refractivity contribution in [3.8, 4) is 0 Å². The Bertz CT molecular complexity index is 825. The second-order valence-corrected chi connectivity index (χ2v) is 7.19. The minimum Gasteiger partial charge on any atom is -0.352 e. The van der Waals surface area contributed by atoms with E-state index in [0.29, 0.717) is 4.31 Å². The predicted octanol–water partition coefficient (Wildman–Crippen LogP) is 1.83. The van der Waals surface area contributed by atoms with Crippen LogP contribution in [-0.2, 0) is 21.4 Å². The Labute approximate surface area is 144 Å². The molecule has 0 aliphatic carbocycles. The third kappa shape index (κ3) is 5.21. The molecule has 0 aliphatic rings. The van der Waals surface area contributed by atoms with Gasteiger partial charge in [0.2, 0.25) is 15.9 Å². The molecule has 0 saturated carbocycles. The highest BCUT2D eigenvalue weighted by Crippen LogP contribution is 2.25. The van der Waals surface area contributed by atoms with Gasteiger partial charge < -0.3 is 5.32 Å². The molecular weight excluding hydrogens is 352 g/mol. The monoisotopic (exact) mass is 369 g/mol. The van der Waals surface area contributed by atoms with Crippen LogP contribution in [0.15, 0.2) is 42.7 Å². The van der Waals surface area contributed by atoms with E-state index in [1.165, 1.54) is 0 Å². The lowest BCUT2D eigenvalue weighted by Crippen LogP contribution is -2.35. The number of carbonyl (C=O) groups is 1. The molecule has 1 heterocycles. The lowest BCUT2D eigenvalue weighted by molar-refractivity contribution is -0.121. The Balaban J connectivity index is 2.05. The predicted molar refractivity (Wildman–Crippen MR) is 89.2 cm³/mol. The van der Waals surface area contributed by atoms with Crippen molar-refractivity contribution in [3.05, 3.63) is 59.9 Å². The average Bonchev–Trinajstić information content (AvgIpc) is 2.55. The molecule has 0 atom stereocenters. The molecule has 0 aliphatic heterocycles. The maximum absolute atomic E-state index is 13.9. The molecule has 0 bridgehead atoms. The summed E-state index contributed by atoms with van der Waals surface area (Å²) in [6.45, 7) is -0.132. The van der Waals surface area contributed by atoms with E-state index in [1.807, 2.05) is 0 Å². The van der Waals surface area contributed by atoms with Crippen molar-refractivity contribution in [1.29, 1.82) is 0 Å². The number of nitrogens with one attached hydrogen (secondary N) is 1. The van der Waals surface area contributed by atoms with Crippen LogP contribution in [-0.4, -0.2) is 32.1 Å². The Hall–Kier alpha value is -2.55. The van der Waals surface area contributed by atoms with Gasteiger partial charge in [0, 0.05) is 31.9 Å². The van der Waals surface area contributed by atoms with Crippen LogP contribution in [0.5, 0.6) is 0 Å². The average molecular weight is 369 g/mol. The van der Waals surface area contributed by atoms with E-state index in [4.69, 9.17) is 0 Å². The van der Waals surface area contributed by atoms with Crippen molar-refractivity contribution in [1.82, 2.24) is 10.3 Å². The molecule has 2 aromatic rings. The number of hydrogen-bond donors (Lipinski definition) is 1. The Morgan fingerprint density at radius 1 is 1.16 bits per heavy atom. The zero-order chi connectivity index (χ0) is 18.4. The Morgan fingerprint density at radius 3 is 2.32 bits per heavy atom. The quantitative estimate of drug-likeness (QED) is 0.808. The maximum Gasteiger partial charge on any atom is 0.232 e. The molecule has 6 nitrogen and oxygen atoms in total. The molecule has 0 spiro atoms. The first kappa shape index (κ1) is 18.8. The minimum absolute atomic E-state index is 0.244. The number of aromatic nitrogens is 1. The number of rotatable bonds is 7. The van der Waals surface area contributed by atoms with E-state index in [0.717, 1.165) is 30.0 Å². The van der Waals surface area contributed by atoms with Crippen molar-refractivity contribution in [2.24, 2.45) is 0 Å². The van der Waals surface area contributed by atoms with Gasteiger partial charge in [-0.05, 0) is 29.8 Å². The molecule has 2 rings (SSSR count). The van der Waals surface area contributed by atoms with Crippen molar-refractivity contribution < 1.29 is 22.0 Å². The van der Waals surface area contributed by atoms with Crippen LogP contribution in [0.3, 0.4) is 0 Å². The summed E-state index contributed by atoms with van der Waals surface area (Å²) in [5, 5.41) is 2.61. The van der Waals surface area contributed by atoms with Crippen LogP contribution in [0.1, 0.15) is 12.0 Å². The van der Waals surface area contributed by atoms with Gasteiger partial charge in [-0.3, -0.25) is 14.1 Å².